The van der Waals surface area contributed by atoms with Crippen LogP contribution in [0, 0.1) is 46.5 Å². The van der Waals surface area contributed by atoms with E-state index < -0.39 is 69.6 Å². The fraction of sp³-hybridized carbons (Fsp3) is 0. The molecule has 27 heavy (non-hydrogen) atoms. The van der Waals surface area contributed by atoms with E-state index in [9.17, 15) is 44.7 Å². The van der Waals surface area contributed by atoms with Gasteiger partial charge in [-0.05, 0) is 12.1 Å². The molecule has 0 unspecified atom stereocenters. The van der Waals surface area contributed by atoms with Gasteiger partial charge in [0.1, 0.15) is 11.1 Å². The maximum Gasteiger partial charge on any atom is 0.338 e. The SMILES string of the molecule is O=C(O)c1cc(F)c(F)c(F)c1F.O=C(O)c1cc(F)c(F)c(F)c1F.[Cd]. The topological polar surface area (TPSA) is 74.6 Å². The maximum atomic E-state index is 12.5. The Hall–Kier alpha value is -2.26. The van der Waals surface area contributed by atoms with Crippen molar-refractivity contribution in [3.05, 3.63) is 69.8 Å². The van der Waals surface area contributed by atoms with Gasteiger partial charge in [-0.15, -0.1) is 0 Å². The van der Waals surface area contributed by atoms with Crippen molar-refractivity contribution in [1.29, 1.82) is 0 Å². The van der Waals surface area contributed by atoms with E-state index in [0.29, 0.717) is 0 Å². The Labute approximate surface area is 164 Å². The predicted octanol–water partition coefficient (Wildman–Crippen LogP) is 3.88. The van der Waals surface area contributed by atoms with Crippen LogP contribution in [0.5, 0.6) is 0 Å². The van der Waals surface area contributed by atoms with E-state index in [1.807, 2.05) is 0 Å². The van der Waals surface area contributed by atoms with Crippen molar-refractivity contribution in [3.63, 3.8) is 0 Å². The van der Waals surface area contributed by atoms with Crippen molar-refractivity contribution in [2.24, 2.45) is 0 Å². The number of aromatic carboxylic acids is 2. The zero-order valence-electron chi connectivity index (χ0n) is 12.6. The molecule has 0 aromatic heterocycles. The first-order valence-electron chi connectivity index (χ1n) is 6.02. The summed E-state index contributed by atoms with van der Waals surface area (Å²) >= 11 is 0. The van der Waals surface area contributed by atoms with Gasteiger partial charge in [0.25, 0.3) is 0 Å². The third kappa shape index (κ3) is 5.36. The third-order valence-corrected chi connectivity index (χ3v) is 2.67. The monoisotopic (exact) mass is 502 g/mol. The molecule has 2 rings (SSSR count). The Morgan fingerprint density at radius 3 is 1.04 bits per heavy atom. The molecule has 0 aliphatic heterocycles. The van der Waals surface area contributed by atoms with E-state index in [4.69, 9.17) is 10.2 Å². The van der Waals surface area contributed by atoms with E-state index in [1.54, 1.807) is 0 Å². The minimum Gasteiger partial charge on any atom is -0.478 e. The Balaban J connectivity index is 0.000000483. The Morgan fingerprint density at radius 2 is 0.815 bits per heavy atom. The van der Waals surface area contributed by atoms with Crippen LogP contribution in [-0.4, -0.2) is 22.2 Å². The molecule has 0 amide bonds. The van der Waals surface area contributed by atoms with Gasteiger partial charge in [0.05, 0.1) is 0 Å². The molecule has 142 valence electrons. The van der Waals surface area contributed by atoms with Crippen LogP contribution in [0.15, 0.2) is 12.1 Å². The molecule has 13 heteroatoms. The van der Waals surface area contributed by atoms with Gasteiger partial charge in [0.2, 0.25) is 0 Å². The van der Waals surface area contributed by atoms with E-state index >= 15 is 0 Å². The van der Waals surface area contributed by atoms with Crippen LogP contribution in [0.2, 0.25) is 0 Å². The van der Waals surface area contributed by atoms with E-state index in [-0.39, 0.29) is 39.4 Å². The zero-order chi connectivity index (χ0) is 20.3. The molecule has 0 bridgehead atoms. The normalized spacial score (nSPS) is 9.78. The van der Waals surface area contributed by atoms with Gasteiger partial charge in [0, 0.05) is 27.3 Å². The van der Waals surface area contributed by atoms with Gasteiger partial charge in [0.15, 0.2) is 46.5 Å². The molecule has 0 saturated heterocycles. The average Bonchev–Trinajstić information content (AvgIpc) is 2.57. The summed E-state index contributed by atoms with van der Waals surface area (Å²) in [6.45, 7) is 0. The molecule has 0 aliphatic rings. The van der Waals surface area contributed by atoms with Crippen molar-refractivity contribution in [2.45, 2.75) is 0 Å². The van der Waals surface area contributed by atoms with Crippen LogP contribution in [-0.2, 0) is 27.3 Å². The second-order valence-corrected chi connectivity index (χ2v) is 4.31. The Kier molecular flexibility index (Phi) is 8.81. The van der Waals surface area contributed by atoms with E-state index in [0.717, 1.165) is 0 Å². The molecule has 0 heterocycles. The third-order valence-electron chi connectivity index (χ3n) is 2.67. The number of benzene rings is 2. The van der Waals surface area contributed by atoms with E-state index in [1.165, 1.54) is 0 Å². The molecule has 2 aromatic rings. The Bertz CT molecular complexity index is 830. The van der Waals surface area contributed by atoms with Gasteiger partial charge >= 0.3 is 11.9 Å². The molecule has 0 atom stereocenters. The van der Waals surface area contributed by atoms with Gasteiger partial charge in [-0.1, -0.05) is 0 Å². The number of hydrogen-bond donors (Lipinski definition) is 2. The van der Waals surface area contributed by atoms with Crippen molar-refractivity contribution in [2.75, 3.05) is 0 Å². The molecule has 0 radical (unpaired) electrons. The quantitative estimate of drug-likeness (QED) is 0.284. The molecule has 0 saturated carbocycles. The van der Waals surface area contributed by atoms with Crippen LogP contribution in [0.1, 0.15) is 20.7 Å². The summed E-state index contributed by atoms with van der Waals surface area (Å²) in [5.74, 6) is -19.3. The summed E-state index contributed by atoms with van der Waals surface area (Å²) < 4.78 is 99.0. The molecule has 0 fully saturated rings. The summed E-state index contributed by atoms with van der Waals surface area (Å²) in [5.41, 5.74) is -2.48. The van der Waals surface area contributed by atoms with Gasteiger partial charge in [-0.3, -0.25) is 0 Å². The van der Waals surface area contributed by atoms with Crippen LogP contribution in [0.3, 0.4) is 0 Å². The molecular weight excluding hydrogens is 497 g/mol. The first-order chi connectivity index (χ1) is 11.9. The van der Waals surface area contributed by atoms with Crippen molar-refractivity contribution in [3.8, 4) is 0 Å². The number of carboxylic acid groups (broad SMARTS) is 2. The summed E-state index contributed by atoms with van der Waals surface area (Å²) in [5, 5.41) is 16.4. The van der Waals surface area contributed by atoms with Crippen LogP contribution >= 0.6 is 0 Å². The number of rotatable bonds is 2. The molecular formula is C14H4CdF8O4. The fourth-order valence-corrected chi connectivity index (χ4v) is 1.46. The van der Waals surface area contributed by atoms with E-state index in [2.05, 4.69) is 0 Å². The molecule has 0 spiro atoms. The summed E-state index contributed by atoms with van der Waals surface area (Å²) in [4.78, 5) is 20.3. The summed E-state index contributed by atoms with van der Waals surface area (Å²) in [6.07, 6.45) is 0. The van der Waals surface area contributed by atoms with Crippen molar-refractivity contribution < 1.29 is 82.2 Å². The standard InChI is InChI=1S/2C7H2F4O2.Cd/c2*8-3-1-2(7(12)13)4(9)6(11)5(3)10;/h2*1H,(H,12,13);. The second kappa shape index (κ2) is 9.61. The minimum atomic E-state index is -2.13. The van der Waals surface area contributed by atoms with Crippen LogP contribution in [0.25, 0.3) is 0 Å². The first kappa shape index (κ1) is 24.7. The average molecular weight is 501 g/mol. The fourth-order valence-electron chi connectivity index (χ4n) is 1.46. The van der Waals surface area contributed by atoms with Crippen molar-refractivity contribution >= 4 is 11.9 Å². The summed E-state index contributed by atoms with van der Waals surface area (Å²) in [6, 6.07) is 0.159. The zero-order valence-corrected chi connectivity index (χ0v) is 16.6. The molecule has 2 aromatic carbocycles. The van der Waals surface area contributed by atoms with Crippen LogP contribution < -0.4 is 0 Å². The van der Waals surface area contributed by atoms with Crippen molar-refractivity contribution in [1.82, 2.24) is 0 Å². The molecule has 2 N–H and O–H groups in total. The number of halogens is 8. The Morgan fingerprint density at radius 1 is 0.556 bits per heavy atom. The number of carbonyl (C=O) groups is 2. The first-order valence-corrected chi connectivity index (χ1v) is 6.02. The molecule has 0 aliphatic carbocycles. The second-order valence-electron chi connectivity index (χ2n) is 4.31. The number of carboxylic acids is 2. The number of hydrogen-bond acceptors (Lipinski definition) is 2. The largest absolute Gasteiger partial charge is 0.478 e. The van der Waals surface area contributed by atoms with Gasteiger partial charge in [-0.25, -0.2) is 44.7 Å². The summed E-state index contributed by atoms with van der Waals surface area (Å²) in [7, 11) is 0. The maximum absolute atomic E-state index is 12.5. The predicted molar refractivity (Wildman–Crippen MR) is 66.5 cm³/mol. The molecule has 4 nitrogen and oxygen atoms in total. The minimum absolute atomic E-state index is 0. The van der Waals surface area contributed by atoms with Gasteiger partial charge in [-0.2, -0.15) is 0 Å². The smallest absolute Gasteiger partial charge is 0.338 e. The van der Waals surface area contributed by atoms with Gasteiger partial charge < -0.3 is 10.2 Å². The van der Waals surface area contributed by atoms with Crippen LogP contribution in [0.4, 0.5) is 35.1 Å².